The fourth-order valence-electron chi connectivity index (χ4n) is 2.07. The van der Waals surface area contributed by atoms with Crippen LogP contribution in [0.25, 0.3) is 11.1 Å². The molecule has 0 spiro atoms. The zero-order chi connectivity index (χ0) is 13.2. The number of oxazole rings is 1. The van der Waals surface area contributed by atoms with E-state index >= 15 is 0 Å². The van der Waals surface area contributed by atoms with E-state index in [1.807, 2.05) is 36.4 Å². The van der Waals surface area contributed by atoms with Gasteiger partial charge in [-0.1, -0.05) is 30.3 Å². The van der Waals surface area contributed by atoms with Gasteiger partial charge in [0, 0.05) is 11.8 Å². The fraction of sp³-hybridized carbons (Fsp3) is 0.133. The average Bonchev–Trinajstić information content (AvgIpc) is 2.83. The summed E-state index contributed by atoms with van der Waals surface area (Å²) in [5, 5.41) is 0. The summed E-state index contributed by atoms with van der Waals surface area (Å²) in [7, 11) is 0. The van der Waals surface area contributed by atoms with Crippen molar-refractivity contribution >= 4 is 16.8 Å². The molecule has 0 aliphatic carbocycles. The van der Waals surface area contributed by atoms with Crippen molar-refractivity contribution in [3.05, 3.63) is 60.0 Å². The molecule has 0 fully saturated rings. The standard InChI is InChI=1S/C15H15N3O/c16-11-6-7-13-14(9-11)19-15(18-13)12(17)8-10-4-2-1-3-5-10/h1-7,9,12H,8,16-17H2. The average molecular weight is 253 g/mol. The van der Waals surface area contributed by atoms with E-state index in [2.05, 4.69) is 4.98 Å². The molecule has 1 heterocycles. The Bertz CT molecular complexity index is 691. The molecule has 0 aliphatic rings. The van der Waals surface area contributed by atoms with E-state index in [1.54, 1.807) is 12.1 Å². The van der Waals surface area contributed by atoms with Gasteiger partial charge >= 0.3 is 0 Å². The van der Waals surface area contributed by atoms with Gasteiger partial charge < -0.3 is 15.9 Å². The molecule has 3 aromatic rings. The van der Waals surface area contributed by atoms with Gasteiger partial charge in [-0.05, 0) is 24.1 Å². The van der Waals surface area contributed by atoms with E-state index in [-0.39, 0.29) is 6.04 Å². The highest BCUT2D eigenvalue weighted by Crippen LogP contribution is 2.23. The first-order chi connectivity index (χ1) is 9.22. The minimum absolute atomic E-state index is 0.254. The van der Waals surface area contributed by atoms with Crippen LogP contribution in [0.2, 0.25) is 0 Å². The topological polar surface area (TPSA) is 78.1 Å². The molecule has 0 bridgehead atoms. The van der Waals surface area contributed by atoms with Gasteiger partial charge in [-0.15, -0.1) is 0 Å². The largest absolute Gasteiger partial charge is 0.439 e. The normalized spacial score (nSPS) is 12.7. The Kier molecular flexibility index (Phi) is 2.93. The molecule has 0 aliphatic heterocycles. The van der Waals surface area contributed by atoms with Gasteiger partial charge in [0.25, 0.3) is 0 Å². The lowest BCUT2D eigenvalue weighted by Gasteiger charge is -2.06. The molecular formula is C15H15N3O. The quantitative estimate of drug-likeness (QED) is 0.703. The van der Waals surface area contributed by atoms with Crippen molar-refractivity contribution in [3.8, 4) is 0 Å². The van der Waals surface area contributed by atoms with Crippen LogP contribution in [0.15, 0.2) is 52.9 Å². The molecule has 0 radical (unpaired) electrons. The maximum absolute atomic E-state index is 6.14. The molecule has 4 nitrogen and oxygen atoms in total. The van der Waals surface area contributed by atoms with Gasteiger partial charge in [0.05, 0.1) is 6.04 Å². The zero-order valence-electron chi connectivity index (χ0n) is 10.4. The summed E-state index contributed by atoms with van der Waals surface area (Å²) in [5.74, 6) is 0.546. The Balaban J connectivity index is 1.87. The first-order valence-corrected chi connectivity index (χ1v) is 6.18. The van der Waals surface area contributed by atoms with Crippen LogP contribution in [0.3, 0.4) is 0 Å². The summed E-state index contributed by atoms with van der Waals surface area (Å²) in [6.45, 7) is 0. The highest BCUT2D eigenvalue weighted by atomic mass is 16.3. The number of benzene rings is 2. The number of hydrogen-bond donors (Lipinski definition) is 2. The summed E-state index contributed by atoms with van der Waals surface area (Å²) in [5.41, 5.74) is 15.1. The first kappa shape index (κ1) is 11.7. The molecule has 1 atom stereocenters. The molecule has 2 aromatic carbocycles. The molecule has 19 heavy (non-hydrogen) atoms. The Hall–Kier alpha value is -2.33. The van der Waals surface area contributed by atoms with Gasteiger partial charge in [-0.25, -0.2) is 4.98 Å². The molecule has 4 N–H and O–H groups in total. The highest BCUT2D eigenvalue weighted by molar-refractivity contribution is 5.76. The van der Waals surface area contributed by atoms with Gasteiger partial charge in [-0.2, -0.15) is 0 Å². The van der Waals surface area contributed by atoms with Crippen LogP contribution >= 0.6 is 0 Å². The van der Waals surface area contributed by atoms with Crippen molar-refractivity contribution in [1.29, 1.82) is 0 Å². The van der Waals surface area contributed by atoms with Crippen LogP contribution in [0.5, 0.6) is 0 Å². The summed E-state index contributed by atoms with van der Waals surface area (Å²) < 4.78 is 5.67. The maximum atomic E-state index is 6.14. The van der Waals surface area contributed by atoms with E-state index < -0.39 is 0 Å². The van der Waals surface area contributed by atoms with E-state index in [9.17, 15) is 0 Å². The maximum Gasteiger partial charge on any atom is 0.212 e. The number of rotatable bonds is 3. The van der Waals surface area contributed by atoms with Crippen LogP contribution < -0.4 is 11.5 Å². The predicted molar refractivity (Wildman–Crippen MR) is 75.5 cm³/mol. The number of fused-ring (bicyclic) bond motifs is 1. The number of aromatic nitrogens is 1. The predicted octanol–water partition coefficient (Wildman–Crippen LogP) is 2.65. The van der Waals surface area contributed by atoms with Gasteiger partial charge in [0.15, 0.2) is 5.58 Å². The van der Waals surface area contributed by atoms with Crippen molar-refractivity contribution < 1.29 is 4.42 Å². The van der Waals surface area contributed by atoms with Crippen LogP contribution in [0.4, 0.5) is 5.69 Å². The summed E-state index contributed by atoms with van der Waals surface area (Å²) in [4.78, 5) is 4.40. The van der Waals surface area contributed by atoms with Crippen LogP contribution in [-0.4, -0.2) is 4.98 Å². The molecular weight excluding hydrogens is 238 g/mol. The Morgan fingerprint density at radius 1 is 1.11 bits per heavy atom. The van der Waals surface area contributed by atoms with E-state index in [4.69, 9.17) is 15.9 Å². The molecule has 0 amide bonds. The zero-order valence-corrected chi connectivity index (χ0v) is 10.4. The minimum Gasteiger partial charge on any atom is -0.439 e. The second-order valence-electron chi connectivity index (χ2n) is 4.58. The number of anilines is 1. The Labute approximate surface area is 111 Å². The second kappa shape index (κ2) is 4.74. The number of nitrogens with zero attached hydrogens (tertiary/aromatic N) is 1. The molecule has 96 valence electrons. The van der Waals surface area contributed by atoms with Crippen molar-refractivity contribution in [2.75, 3.05) is 5.73 Å². The Morgan fingerprint density at radius 2 is 1.89 bits per heavy atom. The van der Waals surface area contributed by atoms with Crippen LogP contribution in [-0.2, 0) is 6.42 Å². The second-order valence-corrected chi connectivity index (χ2v) is 4.58. The third kappa shape index (κ3) is 2.44. The monoisotopic (exact) mass is 253 g/mol. The van der Waals surface area contributed by atoms with E-state index in [0.29, 0.717) is 23.6 Å². The Morgan fingerprint density at radius 3 is 2.68 bits per heavy atom. The van der Waals surface area contributed by atoms with E-state index in [0.717, 1.165) is 11.1 Å². The number of nitrogens with two attached hydrogens (primary N) is 2. The summed E-state index contributed by atoms with van der Waals surface area (Å²) in [6.07, 6.45) is 0.698. The van der Waals surface area contributed by atoms with Crippen LogP contribution in [0.1, 0.15) is 17.5 Å². The van der Waals surface area contributed by atoms with Crippen molar-refractivity contribution in [2.24, 2.45) is 5.73 Å². The first-order valence-electron chi connectivity index (χ1n) is 6.18. The van der Waals surface area contributed by atoms with Gasteiger partial charge in [-0.3, -0.25) is 0 Å². The SMILES string of the molecule is Nc1ccc2nc(C(N)Cc3ccccc3)oc2c1. The third-order valence-corrected chi connectivity index (χ3v) is 3.04. The minimum atomic E-state index is -0.254. The number of nitrogen functional groups attached to an aromatic ring is 1. The molecule has 1 unspecified atom stereocenters. The lowest BCUT2D eigenvalue weighted by molar-refractivity contribution is 0.474. The molecule has 1 aromatic heterocycles. The summed E-state index contributed by atoms with van der Waals surface area (Å²) >= 11 is 0. The van der Waals surface area contributed by atoms with Gasteiger partial charge in [0.2, 0.25) is 5.89 Å². The van der Waals surface area contributed by atoms with Gasteiger partial charge in [0.1, 0.15) is 5.52 Å². The third-order valence-electron chi connectivity index (χ3n) is 3.04. The molecule has 4 heteroatoms. The highest BCUT2D eigenvalue weighted by Gasteiger charge is 2.14. The summed E-state index contributed by atoms with van der Waals surface area (Å²) in [6, 6.07) is 15.2. The molecule has 0 saturated heterocycles. The smallest absolute Gasteiger partial charge is 0.212 e. The van der Waals surface area contributed by atoms with Crippen molar-refractivity contribution in [2.45, 2.75) is 12.5 Å². The fourth-order valence-corrected chi connectivity index (χ4v) is 2.07. The lowest BCUT2D eigenvalue weighted by atomic mass is 10.1. The van der Waals surface area contributed by atoms with E-state index in [1.165, 1.54) is 0 Å². The lowest BCUT2D eigenvalue weighted by Crippen LogP contribution is -2.13. The van der Waals surface area contributed by atoms with Crippen LogP contribution in [0, 0.1) is 0 Å². The van der Waals surface area contributed by atoms with Crippen molar-refractivity contribution in [3.63, 3.8) is 0 Å². The molecule has 0 saturated carbocycles. The molecule has 3 rings (SSSR count). The number of hydrogen-bond acceptors (Lipinski definition) is 4. The van der Waals surface area contributed by atoms with Crippen molar-refractivity contribution in [1.82, 2.24) is 4.98 Å².